The summed E-state index contributed by atoms with van der Waals surface area (Å²) in [7, 11) is 0. The van der Waals surface area contributed by atoms with Crippen LogP contribution in [0.2, 0.25) is 0 Å². The molecular formula is C45H30N2. The Morgan fingerprint density at radius 1 is 0.447 bits per heavy atom. The van der Waals surface area contributed by atoms with Crippen LogP contribution in [0.1, 0.15) is 23.3 Å². The summed E-state index contributed by atoms with van der Waals surface area (Å²) in [6, 6.07) is 10.5. The maximum absolute atomic E-state index is 10.1. The second-order valence-electron chi connectivity index (χ2n) is 10.7. The largest absolute Gasteiger partial charge is 0.292 e. The molecule has 0 saturated carbocycles. The molecule has 9 aromatic rings. The number of hydrogen-bond acceptors (Lipinski definition) is 1. The highest BCUT2D eigenvalue weighted by Crippen LogP contribution is 2.45. The molecule has 0 atom stereocenters. The standard InChI is InChI=1S/C45H30N2/c1-4-15-31(16-5-1)43-37-23-10-11-24-38(37)44(32-17-6-2-7-18-32)40-30-35(27-28-39(40)43)34-21-14-22-36(29-34)47-42-26-13-12-25-41(42)46-45(47)33-19-8-3-9-20-33/h1-30H/i1D,2D,4D,5D,6D,7D,10D,11D,15D,16D,17D,18D,23D,24D,27D,28D,30D. The number of benzene rings is 8. The zero-order chi connectivity index (χ0) is 46.0. The highest BCUT2D eigenvalue weighted by atomic mass is 15.1. The molecule has 0 amide bonds. The van der Waals surface area contributed by atoms with Gasteiger partial charge < -0.3 is 0 Å². The van der Waals surface area contributed by atoms with Gasteiger partial charge in [0.15, 0.2) is 0 Å². The Morgan fingerprint density at radius 3 is 1.77 bits per heavy atom. The number of aromatic nitrogens is 2. The molecule has 220 valence electrons. The normalized spacial score (nSPS) is 16.5. The topological polar surface area (TPSA) is 17.8 Å². The monoisotopic (exact) mass is 615 g/mol. The minimum absolute atomic E-state index is 0.189. The van der Waals surface area contributed by atoms with Gasteiger partial charge in [-0.15, -0.1) is 0 Å². The van der Waals surface area contributed by atoms with Crippen LogP contribution in [0.3, 0.4) is 0 Å². The van der Waals surface area contributed by atoms with E-state index in [1.165, 1.54) is 0 Å². The molecule has 1 aromatic heterocycles. The molecule has 0 aliphatic rings. The number of nitrogens with zero attached hydrogens (tertiary/aromatic N) is 2. The number of rotatable bonds is 5. The second kappa shape index (κ2) is 11.3. The van der Waals surface area contributed by atoms with Crippen molar-refractivity contribution in [2.45, 2.75) is 0 Å². The first-order chi connectivity index (χ1) is 30.4. The number of hydrogen-bond donors (Lipinski definition) is 0. The lowest BCUT2D eigenvalue weighted by Gasteiger charge is -2.19. The van der Waals surface area contributed by atoms with Gasteiger partial charge in [-0.3, -0.25) is 4.57 Å². The third kappa shape index (κ3) is 4.62. The van der Waals surface area contributed by atoms with Gasteiger partial charge >= 0.3 is 0 Å². The summed E-state index contributed by atoms with van der Waals surface area (Å²) in [6.07, 6.45) is 0. The summed E-state index contributed by atoms with van der Waals surface area (Å²) in [5.41, 5.74) is 0.609. The Labute approximate surface area is 297 Å². The highest BCUT2D eigenvalue weighted by molar-refractivity contribution is 6.22. The van der Waals surface area contributed by atoms with Gasteiger partial charge in [0, 0.05) is 11.3 Å². The Hall–Kier alpha value is -6.25. The lowest BCUT2D eigenvalue weighted by Crippen LogP contribution is -1.98. The molecule has 0 N–H and O–H groups in total. The fourth-order valence-electron chi connectivity index (χ4n) is 5.98. The van der Waals surface area contributed by atoms with E-state index in [0.29, 0.717) is 17.0 Å². The average Bonchev–Trinajstić information content (AvgIpc) is 3.69. The minimum atomic E-state index is -0.823. The van der Waals surface area contributed by atoms with E-state index < -0.39 is 147 Å². The van der Waals surface area contributed by atoms with Gasteiger partial charge in [-0.05, 0) is 85.2 Å². The molecule has 0 radical (unpaired) electrons. The van der Waals surface area contributed by atoms with E-state index in [0.717, 1.165) is 11.1 Å². The third-order valence-corrected chi connectivity index (χ3v) is 7.99. The maximum atomic E-state index is 10.1. The Balaban J connectivity index is 1.53. The second-order valence-corrected chi connectivity index (χ2v) is 10.7. The predicted octanol–water partition coefficient (Wildman–Crippen LogP) is 12.0. The molecule has 1 heterocycles. The van der Waals surface area contributed by atoms with Crippen LogP contribution in [0.4, 0.5) is 0 Å². The first-order valence-corrected chi connectivity index (χ1v) is 14.7. The van der Waals surface area contributed by atoms with Crippen LogP contribution in [0.15, 0.2) is 182 Å². The summed E-state index contributed by atoms with van der Waals surface area (Å²) in [6.45, 7) is 0. The van der Waals surface area contributed by atoms with Crippen LogP contribution in [-0.4, -0.2) is 9.55 Å². The summed E-state index contributed by atoms with van der Waals surface area (Å²) < 4.78 is 155. The van der Waals surface area contributed by atoms with E-state index in [2.05, 4.69) is 0 Å². The Morgan fingerprint density at radius 2 is 1.04 bits per heavy atom. The SMILES string of the molecule is [2H]c1c([2H])c([2H])c(-c2c3c([2H])c([2H])c([2H])c([2H])c3c(-c3c([2H])c([2H])c([2H])c([2H])c3[2H])c3c([2H])c(-c4cccc(-n5c(-c6ccccc6)nc6ccccc65)c4)c([2H])c([2H])c23)c([2H])c1[2H]. The molecule has 8 aromatic carbocycles. The van der Waals surface area contributed by atoms with E-state index >= 15 is 0 Å². The average molecular weight is 616 g/mol. The fraction of sp³-hybridized carbons (Fsp3) is 0. The van der Waals surface area contributed by atoms with Crippen molar-refractivity contribution < 1.29 is 23.3 Å². The highest BCUT2D eigenvalue weighted by Gasteiger charge is 2.18. The Kier molecular flexibility index (Phi) is 3.57. The van der Waals surface area contributed by atoms with E-state index in [1.807, 2.05) is 59.2 Å². The summed E-state index contributed by atoms with van der Waals surface area (Å²) >= 11 is 0. The third-order valence-electron chi connectivity index (χ3n) is 7.99. The molecule has 0 saturated heterocycles. The van der Waals surface area contributed by atoms with Crippen LogP contribution in [0.25, 0.3) is 83.0 Å². The molecule has 0 aliphatic heterocycles. The molecule has 0 fully saturated rings. The van der Waals surface area contributed by atoms with Crippen molar-refractivity contribution in [1.29, 1.82) is 0 Å². The van der Waals surface area contributed by atoms with Gasteiger partial charge in [0.1, 0.15) is 5.82 Å². The lowest BCUT2D eigenvalue weighted by atomic mass is 9.85. The number of imidazole rings is 1. The van der Waals surface area contributed by atoms with Crippen LogP contribution in [0.5, 0.6) is 0 Å². The summed E-state index contributed by atoms with van der Waals surface area (Å²) in [5, 5.41) is -1.90. The van der Waals surface area contributed by atoms with Crippen molar-refractivity contribution in [3.05, 3.63) is 182 Å². The summed E-state index contributed by atoms with van der Waals surface area (Å²) in [4.78, 5) is 4.91. The van der Waals surface area contributed by atoms with E-state index in [4.69, 9.17) is 21.4 Å². The minimum Gasteiger partial charge on any atom is -0.292 e. The number of fused-ring (bicyclic) bond motifs is 3. The molecule has 0 spiro atoms. The molecular weight excluding hydrogens is 569 g/mol. The van der Waals surface area contributed by atoms with E-state index in [9.17, 15) is 6.85 Å². The number of para-hydroxylation sites is 2. The molecule has 47 heavy (non-hydrogen) atoms. The van der Waals surface area contributed by atoms with Crippen molar-refractivity contribution in [3.63, 3.8) is 0 Å². The van der Waals surface area contributed by atoms with Crippen molar-refractivity contribution in [2.24, 2.45) is 0 Å². The molecule has 0 unspecified atom stereocenters. The van der Waals surface area contributed by atoms with Crippen molar-refractivity contribution in [1.82, 2.24) is 9.55 Å². The van der Waals surface area contributed by atoms with Gasteiger partial charge in [-0.1, -0.05) is 151 Å². The molecule has 0 bridgehead atoms. The molecule has 2 nitrogen and oxygen atoms in total. The lowest BCUT2D eigenvalue weighted by molar-refractivity contribution is 1.10. The van der Waals surface area contributed by atoms with Crippen LogP contribution >= 0.6 is 0 Å². The molecule has 9 rings (SSSR count). The van der Waals surface area contributed by atoms with Crippen LogP contribution in [-0.2, 0) is 0 Å². The Bertz CT molecular complexity index is 3470. The first kappa shape index (κ1) is 14.9. The smallest absolute Gasteiger partial charge is 0.145 e. The predicted molar refractivity (Wildman–Crippen MR) is 198 cm³/mol. The van der Waals surface area contributed by atoms with Gasteiger partial charge in [-0.2, -0.15) is 0 Å². The molecule has 0 aliphatic carbocycles. The van der Waals surface area contributed by atoms with Gasteiger partial charge in [0.25, 0.3) is 0 Å². The van der Waals surface area contributed by atoms with Crippen molar-refractivity contribution >= 4 is 32.6 Å². The van der Waals surface area contributed by atoms with Gasteiger partial charge in [0.05, 0.1) is 34.3 Å². The fourth-order valence-corrected chi connectivity index (χ4v) is 5.98. The van der Waals surface area contributed by atoms with E-state index in [-0.39, 0.29) is 11.1 Å². The van der Waals surface area contributed by atoms with Crippen LogP contribution < -0.4 is 0 Å². The van der Waals surface area contributed by atoms with E-state index in [1.54, 1.807) is 24.3 Å². The zero-order valence-corrected chi connectivity index (χ0v) is 24.4. The maximum Gasteiger partial charge on any atom is 0.145 e. The quantitative estimate of drug-likeness (QED) is 0.176. The van der Waals surface area contributed by atoms with Crippen molar-refractivity contribution in [2.75, 3.05) is 0 Å². The summed E-state index contributed by atoms with van der Waals surface area (Å²) in [5.74, 6) is 0.572. The van der Waals surface area contributed by atoms with Gasteiger partial charge in [0.2, 0.25) is 0 Å². The first-order valence-electron chi connectivity index (χ1n) is 23.2. The molecule has 2 heteroatoms. The zero-order valence-electron chi connectivity index (χ0n) is 41.4. The van der Waals surface area contributed by atoms with Gasteiger partial charge in [-0.25, -0.2) is 4.98 Å². The van der Waals surface area contributed by atoms with Crippen LogP contribution in [0, 0.1) is 0 Å². The van der Waals surface area contributed by atoms with Crippen molar-refractivity contribution in [3.8, 4) is 50.5 Å².